The number of hydrogen-bond acceptors (Lipinski definition) is 7. The third-order valence-electron chi connectivity index (χ3n) is 3.94. The number of aryl methyl sites for hydroxylation is 1. The van der Waals surface area contributed by atoms with Crippen molar-refractivity contribution in [2.45, 2.75) is 13.0 Å². The lowest BCUT2D eigenvalue weighted by molar-refractivity contribution is 0.0755. The lowest BCUT2D eigenvalue weighted by atomic mass is 10.2. The molecular formula is C18H19N5OS. The summed E-state index contributed by atoms with van der Waals surface area (Å²) < 4.78 is 5.53. The van der Waals surface area contributed by atoms with Crippen molar-refractivity contribution in [2.75, 3.05) is 25.1 Å². The normalized spacial score (nSPS) is 17.4. The zero-order valence-corrected chi connectivity index (χ0v) is 14.7. The first kappa shape index (κ1) is 16.1. The number of anilines is 2. The van der Waals surface area contributed by atoms with Gasteiger partial charge in [-0.15, -0.1) is 0 Å². The van der Waals surface area contributed by atoms with Crippen LogP contribution in [0.25, 0.3) is 10.4 Å². The number of hydrogen-bond donors (Lipinski definition) is 2. The van der Waals surface area contributed by atoms with Gasteiger partial charge in [0.15, 0.2) is 5.13 Å². The average molecular weight is 353 g/mol. The molecule has 1 saturated heterocycles. The summed E-state index contributed by atoms with van der Waals surface area (Å²) in [5, 5.41) is 7.54. The van der Waals surface area contributed by atoms with E-state index in [1.165, 1.54) is 0 Å². The topological polar surface area (TPSA) is 72.0 Å². The first-order valence-corrected chi connectivity index (χ1v) is 9.04. The van der Waals surface area contributed by atoms with Crippen LogP contribution in [0.3, 0.4) is 0 Å². The first-order chi connectivity index (χ1) is 12.3. The summed E-state index contributed by atoms with van der Waals surface area (Å²) in [7, 11) is 0. The molecule has 1 aliphatic heterocycles. The summed E-state index contributed by atoms with van der Waals surface area (Å²) in [5.41, 5.74) is 2.10. The van der Waals surface area contributed by atoms with Crippen LogP contribution in [0.5, 0.6) is 0 Å². The number of benzene rings is 1. The van der Waals surface area contributed by atoms with Crippen LogP contribution in [0.2, 0.25) is 0 Å². The van der Waals surface area contributed by atoms with Crippen LogP contribution in [0.1, 0.15) is 17.6 Å². The van der Waals surface area contributed by atoms with Crippen molar-refractivity contribution in [3.63, 3.8) is 0 Å². The van der Waals surface area contributed by atoms with E-state index >= 15 is 0 Å². The molecule has 6 nitrogen and oxygen atoms in total. The molecule has 2 N–H and O–H groups in total. The van der Waals surface area contributed by atoms with E-state index in [0.717, 1.165) is 46.1 Å². The maximum atomic E-state index is 5.53. The van der Waals surface area contributed by atoms with Crippen molar-refractivity contribution in [2.24, 2.45) is 0 Å². The molecule has 1 aromatic carbocycles. The molecule has 0 saturated carbocycles. The molecule has 25 heavy (non-hydrogen) atoms. The van der Waals surface area contributed by atoms with Gasteiger partial charge in [-0.2, -0.15) is 0 Å². The van der Waals surface area contributed by atoms with Crippen LogP contribution in [0.4, 0.5) is 10.9 Å². The van der Waals surface area contributed by atoms with Crippen molar-refractivity contribution in [1.82, 2.24) is 20.3 Å². The summed E-state index contributed by atoms with van der Waals surface area (Å²) in [6.45, 7) is 4.11. The molecule has 0 radical (unpaired) electrons. The van der Waals surface area contributed by atoms with Gasteiger partial charge in [-0.3, -0.25) is 0 Å². The van der Waals surface area contributed by atoms with E-state index < -0.39 is 0 Å². The van der Waals surface area contributed by atoms with Crippen LogP contribution >= 0.6 is 11.3 Å². The maximum Gasteiger partial charge on any atom is 0.188 e. The second-order valence-corrected chi connectivity index (χ2v) is 6.86. The van der Waals surface area contributed by atoms with E-state index in [-0.39, 0.29) is 6.04 Å². The van der Waals surface area contributed by atoms with Gasteiger partial charge in [0.2, 0.25) is 0 Å². The lowest BCUT2D eigenvalue weighted by Crippen LogP contribution is -2.35. The Labute approximate surface area is 150 Å². The SMILES string of the molecule is Cc1nc(Nc2ncc(-c3ccccc3)s2)cc(C2COCCN2)n1. The predicted octanol–water partition coefficient (Wildman–Crippen LogP) is 3.31. The lowest BCUT2D eigenvalue weighted by Gasteiger charge is -2.23. The Bertz CT molecular complexity index is 846. The van der Waals surface area contributed by atoms with Gasteiger partial charge in [0, 0.05) is 18.8 Å². The molecular weight excluding hydrogens is 334 g/mol. The van der Waals surface area contributed by atoms with Crippen LogP contribution in [-0.2, 0) is 4.74 Å². The van der Waals surface area contributed by atoms with Crippen molar-refractivity contribution in [3.8, 4) is 10.4 Å². The highest BCUT2D eigenvalue weighted by Gasteiger charge is 2.18. The molecule has 0 spiro atoms. The first-order valence-electron chi connectivity index (χ1n) is 8.23. The zero-order valence-electron chi connectivity index (χ0n) is 13.9. The third-order valence-corrected chi connectivity index (χ3v) is 4.90. The van der Waals surface area contributed by atoms with Crippen molar-refractivity contribution in [3.05, 3.63) is 54.1 Å². The minimum absolute atomic E-state index is 0.104. The third kappa shape index (κ3) is 3.84. The minimum atomic E-state index is 0.104. The Hall–Kier alpha value is -2.35. The van der Waals surface area contributed by atoms with E-state index in [0.29, 0.717) is 6.61 Å². The summed E-state index contributed by atoms with van der Waals surface area (Å²) in [5.74, 6) is 1.48. The standard InChI is InChI=1S/C18H19N5OS/c1-12-21-14(15-11-24-8-7-19-15)9-17(22-12)23-18-20-10-16(25-18)13-5-3-2-4-6-13/h2-6,9-10,15,19H,7-8,11H2,1H3,(H,20,21,22,23). The molecule has 1 aliphatic rings. The predicted molar refractivity (Wildman–Crippen MR) is 99.2 cm³/mol. The molecule has 1 unspecified atom stereocenters. The van der Waals surface area contributed by atoms with Crippen molar-refractivity contribution < 1.29 is 4.74 Å². The summed E-state index contributed by atoms with van der Waals surface area (Å²) in [6, 6.07) is 12.3. The average Bonchev–Trinajstić information content (AvgIpc) is 3.11. The molecule has 0 aliphatic carbocycles. The Kier molecular flexibility index (Phi) is 4.69. The number of thiazole rings is 1. The molecule has 3 heterocycles. The quantitative estimate of drug-likeness (QED) is 0.750. The summed E-state index contributed by atoms with van der Waals surface area (Å²) in [4.78, 5) is 14.6. The summed E-state index contributed by atoms with van der Waals surface area (Å²) >= 11 is 1.61. The molecule has 1 fully saturated rings. The molecule has 4 rings (SSSR count). The Morgan fingerprint density at radius 2 is 2.12 bits per heavy atom. The minimum Gasteiger partial charge on any atom is -0.378 e. The van der Waals surface area contributed by atoms with E-state index in [1.807, 2.05) is 37.4 Å². The molecule has 1 atom stereocenters. The Balaban J connectivity index is 1.54. The molecule has 0 bridgehead atoms. The monoisotopic (exact) mass is 353 g/mol. The van der Waals surface area contributed by atoms with E-state index in [4.69, 9.17) is 4.74 Å². The molecule has 2 aromatic heterocycles. The number of aromatic nitrogens is 3. The molecule has 7 heteroatoms. The smallest absolute Gasteiger partial charge is 0.188 e. The van der Waals surface area contributed by atoms with Gasteiger partial charge in [-0.25, -0.2) is 15.0 Å². The van der Waals surface area contributed by atoms with Gasteiger partial charge in [-0.1, -0.05) is 41.7 Å². The highest BCUT2D eigenvalue weighted by atomic mass is 32.1. The van der Waals surface area contributed by atoms with Gasteiger partial charge in [0.25, 0.3) is 0 Å². The second kappa shape index (κ2) is 7.26. The van der Waals surface area contributed by atoms with Crippen molar-refractivity contribution >= 4 is 22.3 Å². The molecule has 0 amide bonds. The zero-order chi connectivity index (χ0) is 17.1. The fraction of sp³-hybridized carbons (Fsp3) is 0.278. The molecule has 3 aromatic rings. The number of ether oxygens (including phenoxy) is 1. The van der Waals surface area contributed by atoms with E-state index in [2.05, 4.69) is 37.7 Å². The van der Waals surface area contributed by atoms with Gasteiger partial charge < -0.3 is 15.4 Å². The van der Waals surface area contributed by atoms with Crippen LogP contribution in [0.15, 0.2) is 42.6 Å². The van der Waals surface area contributed by atoms with Gasteiger partial charge in [0.1, 0.15) is 11.6 Å². The van der Waals surface area contributed by atoms with Gasteiger partial charge in [-0.05, 0) is 12.5 Å². The Morgan fingerprint density at radius 3 is 2.92 bits per heavy atom. The highest BCUT2D eigenvalue weighted by molar-refractivity contribution is 7.18. The number of nitrogens with one attached hydrogen (secondary N) is 2. The van der Waals surface area contributed by atoms with Crippen molar-refractivity contribution in [1.29, 1.82) is 0 Å². The van der Waals surface area contributed by atoms with Gasteiger partial charge in [0.05, 0.1) is 29.8 Å². The summed E-state index contributed by atoms with van der Waals surface area (Å²) in [6.07, 6.45) is 1.88. The number of nitrogens with zero attached hydrogens (tertiary/aromatic N) is 3. The van der Waals surface area contributed by atoms with Crippen LogP contribution in [0, 0.1) is 6.92 Å². The maximum absolute atomic E-state index is 5.53. The molecule has 128 valence electrons. The van der Waals surface area contributed by atoms with E-state index in [9.17, 15) is 0 Å². The van der Waals surface area contributed by atoms with E-state index in [1.54, 1.807) is 11.3 Å². The highest BCUT2D eigenvalue weighted by Crippen LogP contribution is 2.30. The fourth-order valence-electron chi connectivity index (χ4n) is 2.77. The fourth-order valence-corrected chi connectivity index (χ4v) is 3.59. The largest absolute Gasteiger partial charge is 0.378 e. The second-order valence-electron chi connectivity index (χ2n) is 5.83. The van der Waals surface area contributed by atoms with Crippen LogP contribution in [-0.4, -0.2) is 34.7 Å². The Morgan fingerprint density at radius 1 is 1.24 bits per heavy atom. The number of rotatable bonds is 4. The van der Waals surface area contributed by atoms with Gasteiger partial charge >= 0.3 is 0 Å². The number of morpholine rings is 1. The van der Waals surface area contributed by atoms with Crippen LogP contribution < -0.4 is 10.6 Å².